The fourth-order valence-electron chi connectivity index (χ4n) is 2.16. The molecule has 0 amide bonds. The van der Waals surface area contributed by atoms with Crippen molar-refractivity contribution in [2.24, 2.45) is 0 Å². The highest BCUT2D eigenvalue weighted by molar-refractivity contribution is 6.36. The fourth-order valence-corrected chi connectivity index (χ4v) is 2.68. The van der Waals surface area contributed by atoms with Gasteiger partial charge in [0.15, 0.2) is 5.75 Å². The number of ketones is 1. The number of hydrogen-bond acceptors (Lipinski definition) is 6. The minimum atomic E-state index is -0.972. The van der Waals surface area contributed by atoms with Gasteiger partial charge in [-0.25, -0.2) is 0 Å². The second-order valence-electron chi connectivity index (χ2n) is 4.93. The first-order valence-corrected chi connectivity index (χ1v) is 7.16. The van der Waals surface area contributed by atoms with E-state index in [2.05, 4.69) is 0 Å². The molecule has 0 radical (unpaired) electrons. The van der Waals surface area contributed by atoms with Crippen molar-refractivity contribution in [3.63, 3.8) is 0 Å². The normalized spacial score (nSPS) is 10.7. The van der Waals surface area contributed by atoms with Crippen LogP contribution < -0.4 is 4.73 Å². The molecule has 8 nitrogen and oxygen atoms in total. The third-order valence-corrected chi connectivity index (χ3v) is 4.37. The van der Waals surface area contributed by atoms with Crippen molar-refractivity contribution in [2.45, 2.75) is 13.8 Å². The Bertz CT molecular complexity index is 869. The number of aromatic hydroxyl groups is 2. The van der Waals surface area contributed by atoms with Gasteiger partial charge in [-0.1, -0.05) is 11.6 Å². The quantitative estimate of drug-likeness (QED) is 0.162. The van der Waals surface area contributed by atoms with Gasteiger partial charge in [0.2, 0.25) is 17.2 Å². The second kappa shape index (κ2) is 6.14. The number of carbonyl (C=O) groups excluding carboxylic acids is 1. The summed E-state index contributed by atoms with van der Waals surface area (Å²) in [5.74, 6) is -2.68. The van der Waals surface area contributed by atoms with Gasteiger partial charge in [-0.2, -0.15) is 4.73 Å². The zero-order valence-electron chi connectivity index (χ0n) is 12.3. The number of halogens is 2. The SMILES string of the molecule is Cc1c(Cl)c(C)[n+]([O-])c(Cl)c1C(=O)c1cc(O)c(O)c([N+](=O)[O-])c1. The van der Waals surface area contributed by atoms with E-state index in [0.717, 1.165) is 12.1 Å². The van der Waals surface area contributed by atoms with Crippen LogP contribution in [0.4, 0.5) is 5.69 Å². The van der Waals surface area contributed by atoms with Crippen LogP contribution in [-0.4, -0.2) is 20.9 Å². The first kappa shape index (κ1) is 17.8. The lowest BCUT2D eigenvalue weighted by atomic mass is 9.99. The minimum absolute atomic E-state index is 0.0234. The van der Waals surface area contributed by atoms with Crippen LogP contribution in [0.5, 0.6) is 11.5 Å². The van der Waals surface area contributed by atoms with Crippen molar-refractivity contribution in [3.05, 3.63) is 60.0 Å². The summed E-state index contributed by atoms with van der Waals surface area (Å²) in [5, 5.41) is 41.5. The summed E-state index contributed by atoms with van der Waals surface area (Å²) in [4.78, 5) is 22.6. The molecule has 1 heterocycles. The van der Waals surface area contributed by atoms with Gasteiger partial charge in [-0.15, -0.1) is 0 Å². The number of nitro groups is 1. The van der Waals surface area contributed by atoms with Crippen LogP contribution in [0, 0.1) is 29.2 Å². The van der Waals surface area contributed by atoms with Gasteiger partial charge in [0.25, 0.3) is 5.15 Å². The van der Waals surface area contributed by atoms with E-state index >= 15 is 0 Å². The molecule has 0 saturated carbocycles. The van der Waals surface area contributed by atoms with Gasteiger partial charge in [0.1, 0.15) is 10.6 Å². The fraction of sp³-hybridized carbons (Fsp3) is 0.143. The molecular formula is C14H10Cl2N2O6. The number of aromatic nitrogens is 1. The molecule has 0 unspecified atom stereocenters. The molecule has 2 N–H and O–H groups in total. The van der Waals surface area contributed by atoms with Gasteiger partial charge < -0.3 is 15.4 Å². The highest BCUT2D eigenvalue weighted by Crippen LogP contribution is 2.37. The lowest BCUT2D eigenvalue weighted by Gasteiger charge is -2.12. The maximum atomic E-state index is 12.6. The van der Waals surface area contributed by atoms with Gasteiger partial charge in [-0.05, 0) is 30.2 Å². The molecule has 2 aromatic rings. The van der Waals surface area contributed by atoms with Crippen molar-refractivity contribution in [1.29, 1.82) is 0 Å². The van der Waals surface area contributed by atoms with Gasteiger partial charge >= 0.3 is 5.69 Å². The number of rotatable bonds is 3. The summed E-state index contributed by atoms with van der Waals surface area (Å²) in [5.41, 5.74) is -1.13. The molecule has 0 bridgehead atoms. The van der Waals surface area contributed by atoms with E-state index < -0.39 is 33.0 Å². The molecule has 10 heteroatoms. The maximum Gasteiger partial charge on any atom is 0.315 e. The van der Waals surface area contributed by atoms with Crippen molar-refractivity contribution >= 4 is 34.7 Å². The summed E-state index contributed by atoms with van der Waals surface area (Å²) < 4.78 is 0.263. The van der Waals surface area contributed by atoms with Crippen LogP contribution in [0.1, 0.15) is 27.2 Å². The Labute approximate surface area is 145 Å². The van der Waals surface area contributed by atoms with E-state index in [9.17, 15) is 30.3 Å². The van der Waals surface area contributed by atoms with Crippen molar-refractivity contribution in [1.82, 2.24) is 0 Å². The third-order valence-electron chi connectivity index (χ3n) is 3.47. The summed E-state index contributed by atoms with van der Waals surface area (Å²) in [6.45, 7) is 2.88. The van der Waals surface area contributed by atoms with Crippen LogP contribution >= 0.6 is 23.2 Å². The average molecular weight is 373 g/mol. The van der Waals surface area contributed by atoms with E-state index in [1.54, 1.807) is 0 Å². The van der Waals surface area contributed by atoms with E-state index in [1.807, 2.05) is 0 Å². The Morgan fingerprint density at radius 3 is 2.38 bits per heavy atom. The predicted molar refractivity (Wildman–Crippen MR) is 84.8 cm³/mol. The summed E-state index contributed by atoms with van der Waals surface area (Å²) in [6, 6.07) is 1.61. The number of phenols is 2. The summed E-state index contributed by atoms with van der Waals surface area (Å²) >= 11 is 11.9. The lowest BCUT2D eigenvalue weighted by molar-refractivity contribution is -0.610. The second-order valence-corrected chi connectivity index (χ2v) is 5.67. The Morgan fingerprint density at radius 1 is 1.25 bits per heavy atom. The minimum Gasteiger partial charge on any atom is -0.617 e. The molecule has 0 spiro atoms. The number of carbonyl (C=O) groups is 1. The monoisotopic (exact) mass is 372 g/mol. The molecule has 126 valence electrons. The molecule has 2 rings (SSSR count). The zero-order valence-corrected chi connectivity index (χ0v) is 13.8. The molecule has 0 aliphatic carbocycles. The Kier molecular flexibility index (Phi) is 4.54. The smallest absolute Gasteiger partial charge is 0.315 e. The highest BCUT2D eigenvalue weighted by atomic mass is 35.5. The van der Waals surface area contributed by atoms with Crippen LogP contribution in [0.3, 0.4) is 0 Å². The zero-order chi connectivity index (χ0) is 18.3. The largest absolute Gasteiger partial charge is 0.617 e. The van der Waals surface area contributed by atoms with E-state index in [0.29, 0.717) is 0 Å². The van der Waals surface area contributed by atoms with Crippen molar-refractivity contribution in [3.8, 4) is 11.5 Å². The molecule has 0 aliphatic heterocycles. The topological polar surface area (TPSA) is 128 Å². The van der Waals surface area contributed by atoms with Crippen LogP contribution in [0.2, 0.25) is 10.2 Å². The number of phenolic OH excluding ortho intramolecular Hbond substituents is 2. The molecule has 0 saturated heterocycles. The molecule has 0 fully saturated rings. The Hall–Kier alpha value is -2.58. The van der Waals surface area contributed by atoms with Crippen LogP contribution in [0.15, 0.2) is 12.1 Å². The molecule has 0 aliphatic rings. The van der Waals surface area contributed by atoms with Crippen molar-refractivity contribution in [2.75, 3.05) is 0 Å². The number of hydrogen-bond donors (Lipinski definition) is 2. The highest BCUT2D eigenvalue weighted by Gasteiger charge is 2.29. The van der Waals surface area contributed by atoms with Crippen molar-refractivity contribution < 1.29 is 24.7 Å². The molecule has 24 heavy (non-hydrogen) atoms. The molecule has 1 aromatic carbocycles. The first-order chi connectivity index (χ1) is 11.1. The van der Waals surface area contributed by atoms with Gasteiger partial charge in [0, 0.05) is 18.6 Å². The van der Waals surface area contributed by atoms with Crippen LogP contribution in [0.25, 0.3) is 0 Å². The third kappa shape index (κ3) is 2.70. The van der Waals surface area contributed by atoms with E-state index in [1.165, 1.54) is 13.8 Å². The molecule has 1 aromatic heterocycles. The van der Waals surface area contributed by atoms with E-state index in [4.69, 9.17) is 23.2 Å². The molecule has 0 atom stereocenters. The number of pyridine rings is 1. The number of nitro benzene ring substituents is 1. The predicted octanol–water partition coefficient (Wildman–Crippen LogP) is 2.79. The van der Waals surface area contributed by atoms with Gasteiger partial charge in [-0.3, -0.25) is 14.9 Å². The summed E-state index contributed by atoms with van der Waals surface area (Å²) in [7, 11) is 0. The maximum absolute atomic E-state index is 12.6. The van der Waals surface area contributed by atoms with E-state index in [-0.39, 0.29) is 32.1 Å². The number of benzene rings is 1. The molecular weight excluding hydrogens is 363 g/mol. The van der Waals surface area contributed by atoms with Gasteiger partial charge in [0.05, 0.1) is 4.92 Å². The lowest BCUT2D eigenvalue weighted by Crippen LogP contribution is -2.34. The number of nitrogens with zero attached hydrogens (tertiary/aromatic N) is 2. The summed E-state index contributed by atoms with van der Waals surface area (Å²) in [6.07, 6.45) is 0. The Morgan fingerprint density at radius 2 is 1.83 bits per heavy atom. The Balaban J connectivity index is 2.74. The average Bonchev–Trinajstić information content (AvgIpc) is 2.53. The standard InChI is InChI=1S/C14H10Cl2N2O6/c1-5-10(14(16)17(22)6(2)11(5)15)12(20)7-3-8(18(23)24)13(21)9(19)4-7/h3-4,19,21H,1-2H3. The first-order valence-electron chi connectivity index (χ1n) is 6.40. The van der Waals surface area contributed by atoms with Crippen LogP contribution in [-0.2, 0) is 0 Å².